The van der Waals surface area contributed by atoms with Gasteiger partial charge in [0.2, 0.25) is 0 Å². The molecule has 0 aromatic heterocycles. The van der Waals surface area contributed by atoms with E-state index in [0.717, 1.165) is 35.5 Å². The van der Waals surface area contributed by atoms with Crippen molar-refractivity contribution < 1.29 is 0 Å². The van der Waals surface area contributed by atoms with Gasteiger partial charge in [0.25, 0.3) is 0 Å². The summed E-state index contributed by atoms with van der Waals surface area (Å²) in [4.78, 5) is 0. The third-order valence-corrected chi connectivity index (χ3v) is 7.96. The maximum Gasteiger partial charge on any atom is -0.0233 e. The second kappa shape index (κ2) is 10.5. The largest absolute Gasteiger partial charge is 0.103 e. The second-order valence-electron chi connectivity index (χ2n) is 9.62. The Labute approximate surface area is 163 Å². The summed E-state index contributed by atoms with van der Waals surface area (Å²) in [5.74, 6) is 5.63. The molecule has 0 radical (unpaired) electrons. The van der Waals surface area contributed by atoms with E-state index in [2.05, 4.69) is 37.5 Å². The minimum atomic E-state index is 0.793. The maximum atomic E-state index is 3.97. The lowest BCUT2D eigenvalue weighted by Gasteiger charge is -2.37. The van der Waals surface area contributed by atoms with Gasteiger partial charge in [-0.3, -0.25) is 0 Å². The highest BCUT2D eigenvalue weighted by Crippen LogP contribution is 2.42. The highest BCUT2D eigenvalue weighted by molar-refractivity contribution is 4.98. The van der Waals surface area contributed by atoms with Crippen molar-refractivity contribution in [2.75, 3.05) is 0 Å². The van der Waals surface area contributed by atoms with E-state index in [1.165, 1.54) is 89.9 Å². The first kappa shape index (κ1) is 20.0. The Morgan fingerprint density at radius 3 is 1.54 bits per heavy atom. The Hall–Kier alpha value is -0.780. The summed E-state index contributed by atoms with van der Waals surface area (Å²) >= 11 is 0. The zero-order valence-corrected chi connectivity index (χ0v) is 17.1. The van der Waals surface area contributed by atoms with Crippen LogP contribution in [0.3, 0.4) is 0 Å². The summed E-state index contributed by atoms with van der Waals surface area (Å²) in [5.41, 5.74) is 0. The normalized spacial score (nSPS) is 38.9. The van der Waals surface area contributed by atoms with Crippen molar-refractivity contribution in [2.45, 2.75) is 89.9 Å². The fourth-order valence-corrected chi connectivity index (χ4v) is 6.00. The first-order valence-electron chi connectivity index (χ1n) is 11.7. The van der Waals surface area contributed by atoms with Crippen LogP contribution >= 0.6 is 0 Å². The van der Waals surface area contributed by atoms with Gasteiger partial charge in [0.05, 0.1) is 0 Å². The molecular formula is C26H42. The van der Waals surface area contributed by atoms with Crippen LogP contribution < -0.4 is 0 Å². The van der Waals surface area contributed by atoms with Crippen LogP contribution in [-0.4, -0.2) is 0 Å². The number of hydrogen-bond acceptors (Lipinski definition) is 0. The van der Waals surface area contributed by atoms with Gasteiger partial charge in [0, 0.05) is 0 Å². The van der Waals surface area contributed by atoms with Crippen molar-refractivity contribution in [3.63, 3.8) is 0 Å². The molecular weight excluding hydrogens is 312 g/mol. The van der Waals surface area contributed by atoms with Gasteiger partial charge in [-0.25, -0.2) is 0 Å². The Morgan fingerprint density at radius 1 is 0.577 bits per heavy atom. The molecule has 0 aromatic rings. The van der Waals surface area contributed by atoms with Crippen LogP contribution in [0, 0.1) is 35.5 Å². The second-order valence-corrected chi connectivity index (χ2v) is 9.62. The lowest BCUT2D eigenvalue weighted by Crippen LogP contribution is -2.25. The molecule has 3 fully saturated rings. The van der Waals surface area contributed by atoms with Crippen LogP contribution in [0.5, 0.6) is 0 Å². The van der Waals surface area contributed by atoms with Crippen LogP contribution in [0.25, 0.3) is 0 Å². The molecule has 0 bridgehead atoms. The average Bonchev–Trinajstić information content (AvgIpc) is 2.72. The monoisotopic (exact) mass is 354 g/mol. The summed E-state index contributed by atoms with van der Waals surface area (Å²) in [6, 6.07) is 0. The molecule has 0 aromatic carbocycles. The molecule has 0 nitrogen and oxygen atoms in total. The van der Waals surface area contributed by atoms with Crippen LogP contribution in [0.4, 0.5) is 0 Å². The molecule has 0 unspecified atom stereocenters. The van der Waals surface area contributed by atoms with Gasteiger partial charge >= 0.3 is 0 Å². The SMILES string of the molecule is C=CCCC1CCC(C2CCC(/C=C/C3CCC(C=C)CC3)CC2)CC1. The van der Waals surface area contributed by atoms with Gasteiger partial charge < -0.3 is 0 Å². The maximum absolute atomic E-state index is 3.97. The third kappa shape index (κ3) is 5.86. The van der Waals surface area contributed by atoms with E-state index in [4.69, 9.17) is 0 Å². The molecule has 3 aliphatic rings. The van der Waals surface area contributed by atoms with Crippen LogP contribution in [0.2, 0.25) is 0 Å². The molecule has 0 amide bonds. The molecule has 0 spiro atoms. The Bertz CT molecular complexity index is 435. The molecule has 0 atom stereocenters. The highest BCUT2D eigenvalue weighted by Gasteiger charge is 2.30. The zero-order valence-electron chi connectivity index (χ0n) is 17.1. The van der Waals surface area contributed by atoms with Crippen molar-refractivity contribution >= 4 is 0 Å². The number of rotatable bonds is 7. The van der Waals surface area contributed by atoms with Gasteiger partial charge in [0.15, 0.2) is 0 Å². The van der Waals surface area contributed by atoms with Gasteiger partial charge in [-0.1, -0.05) is 37.1 Å². The first-order chi connectivity index (χ1) is 12.8. The average molecular weight is 355 g/mol. The third-order valence-electron chi connectivity index (χ3n) is 7.96. The van der Waals surface area contributed by atoms with Crippen molar-refractivity contribution in [1.29, 1.82) is 0 Å². The van der Waals surface area contributed by atoms with Crippen LogP contribution in [0.1, 0.15) is 89.9 Å². The summed E-state index contributed by atoms with van der Waals surface area (Å²) in [7, 11) is 0. The predicted molar refractivity (Wildman–Crippen MR) is 115 cm³/mol. The van der Waals surface area contributed by atoms with Crippen molar-refractivity contribution in [1.82, 2.24) is 0 Å². The van der Waals surface area contributed by atoms with Crippen LogP contribution in [-0.2, 0) is 0 Å². The Kier molecular flexibility index (Phi) is 8.08. The summed E-state index contributed by atoms with van der Waals surface area (Å²) in [6.07, 6.45) is 29.5. The van der Waals surface area contributed by atoms with Crippen molar-refractivity contribution in [2.24, 2.45) is 35.5 Å². The van der Waals surface area contributed by atoms with Gasteiger partial charge in [-0.2, -0.15) is 0 Å². The zero-order chi connectivity index (χ0) is 18.2. The lowest BCUT2D eigenvalue weighted by molar-refractivity contribution is 0.153. The fraction of sp³-hybridized carbons (Fsp3) is 0.769. The highest BCUT2D eigenvalue weighted by atomic mass is 14.4. The van der Waals surface area contributed by atoms with Gasteiger partial charge in [-0.05, 0) is 113 Å². The molecule has 26 heavy (non-hydrogen) atoms. The topological polar surface area (TPSA) is 0 Å². The minimum absolute atomic E-state index is 0.793. The van der Waals surface area contributed by atoms with Gasteiger partial charge in [-0.15, -0.1) is 13.2 Å². The number of allylic oxidation sites excluding steroid dienone is 4. The standard InChI is InChI=1S/C26H42/c1-3-5-6-22-13-17-25(18-14-22)26-19-15-24(16-20-26)12-11-23-9-7-21(4-2)8-10-23/h3-4,11-12,21-26H,1-2,5-10,13-20H2/b12-11+. The minimum Gasteiger partial charge on any atom is -0.103 e. The molecule has 0 saturated heterocycles. The van der Waals surface area contributed by atoms with E-state index in [-0.39, 0.29) is 0 Å². The van der Waals surface area contributed by atoms with Gasteiger partial charge in [0.1, 0.15) is 0 Å². The van der Waals surface area contributed by atoms with E-state index in [1.54, 1.807) is 0 Å². The Balaban J connectivity index is 1.34. The van der Waals surface area contributed by atoms with Crippen molar-refractivity contribution in [3.05, 3.63) is 37.5 Å². The molecule has 3 rings (SSSR count). The lowest BCUT2D eigenvalue weighted by atomic mass is 9.68. The summed E-state index contributed by atoms with van der Waals surface area (Å²) < 4.78 is 0. The molecule has 0 aliphatic heterocycles. The molecule has 3 saturated carbocycles. The smallest absolute Gasteiger partial charge is 0.0233 e. The molecule has 0 N–H and O–H groups in total. The predicted octanol–water partition coefficient (Wildman–Crippen LogP) is 8.11. The summed E-state index contributed by atoms with van der Waals surface area (Å²) in [6.45, 7) is 7.85. The first-order valence-corrected chi connectivity index (χ1v) is 11.7. The molecule has 146 valence electrons. The molecule has 0 heterocycles. The van der Waals surface area contributed by atoms with E-state index >= 15 is 0 Å². The van der Waals surface area contributed by atoms with Crippen LogP contribution in [0.15, 0.2) is 37.5 Å². The van der Waals surface area contributed by atoms with E-state index in [9.17, 15) is 0 Å². The quantitative estimate of drug-likeness (QED) is 0.405. The molecule has 3 aliphatic carbocycles. The number of hydrogen-bond donors (Lipinski definition) is 0. The van der Waals surface area contributed by atoms with E-state index < -0.39 is 0 Å². The van der Waals surface area contributed by atoms with Crippen molar-refractivity contribution in [3.8, 4) is 0 Å². The van der Waals surface area contributed by atoms with E-state index in [1.807, 2.05) is 0 Å². The molecule has 0 heteroatoms. The Morgan fingerprint density at radius 2 is 1.04 bits per heavy atom. The van der Waals surface area contributed by atoms with E-state index in [0.29, 0.717) is 0 Å². The summed E-state index contributed by atoms with van der Waals surface area (Å²) in [5, 5.41) is 0. The fourth-order valence-electron chi connectivity index (χ4n) is 6.00.